The van der Waals surface area contributed by atoms with Gasteiger partial charge in [0, 0.05) is 65.2 Å². The smallest absolute Gasteiger partial charge is 0.333 e. The Hall–Kier alpha value is -5.58. The van der Waals surface area contributed by atoms with Crippen molar-refractivity contribution in [3.63, 3.8) is 0 Å². The number of hydrogen-bond donors (Lipinski definition) is 0. The average Bonchev–Trinajstić information content (AvgIpc) is 3.84. The highest BCUT2D eigenvalue weighted by atomic mass is 32.1. The molecule has 0 unspecified atom stereocenters. The maximum Gasteiger partial charge on any atom is 0.333 e. The first-order valence-electron chi connectivity index (χ1n) is 28.2. The van der Waals surface area contributed by atoms with E-state index >= 15 is 0 Å². The van der Waals surface area contributed by atoms with Gasteiger partial charge in [-0.05, 0) is 199 Å². The van der Waals surface area contributed by atoms with E-state index in [4.69, 9.17) is 0 Å². The van der Waals surface area contributed by atoms with Crippen LogP contribution >= 0.6 is 11.3 Å². The number of rotatable bonds is 2. The van der Waals surface area contributed by atoms with E-state index in [1.807, 2.05) is 11.3 Å². The lowest BCUT2D eigenvalue weighted by Crippen LogP contribution is -2.62. The molecule has 2 aliphatic heterocycles. The van der Waals surface area contributed by atoms with Gasteiger partial charge in [-0.15, -0.1) is 11.3 Å². The van der Waals surface area contributed by atoms with Crippen molar-refractivity contribution in [3.8, 4) is 22.3 Å². The summed E-state index contributed by atoms with van der Waals surface area (Å²) in [5, 5.41) is 2.72. The molecule has 1 aromatic heterocycles. The fourth-order valence-electron chi connectivity index (χ4n) is 15.8. The number of fused-ring (bicyclic) bond motifs is 15. The maximum absolute atomic E-state index is 2.89. The molecule has 2 nitrogen and oxygen atoms in total. The standard InChI is InChI=1S/C70H75BN2S/c1-40-34-49-52(68(10,11)32-30-65(49,4)5)38-55(40)72-54-27-26-48-59(43-21-16-18-22-46(43)70(48,14)15)61(54)71-62-57(72)37-44-42-20-17-19-23-58(42)74-63(44)60(62)45-36-51-53(69(12,13)33-31-67(51,8)9)39-56(45)73(71)41-24-25-47-50(35-41)66(6,7)29-28-64(47,2)3/h16-27,34-39H,28-33H2,1-15H3. The van der Waals surface area contributed by atoms with Gasteiger partial charge in [0.05, 0.1) is 0 Å². The Balaban J connectivity index is 1.20. The van der Waals surface area contributed by atoms with Crippen LogP contribution in [0.25, 0.3) is 42.4 Å². The fraction of sp³-hybridized carbons (Fsp3) is 0.400. The van der Waals surface area contributed by atoms with E-state index in [0.717, 1.165) is 0 Å². The van der Waals surface area contributed by atoms with Crippen molar-refractivity contribution in [1.29, 1.82) is 0 Å². The van der Waals surface area contributed by atoms with Crippen molar-refractivity contribution in [2.75, 3.05) is 9.71 Å². The van der Waals surface area contributed by atoms with Gasteiger partial charge in [-0.25, -0.2) is 0 Å². The number of anilines is 5. The van der Waals surface area contributed by atoms with E-state index in [1.165, 1.54) is 170 Å². The molecule has 8 aromatic rings. The molecule has 14 rings (SSSR count). The van der Waals surface area contributed by atoms with E-state index in [0.29, 0.717) is 0 Å². The van der Waals surface area contributed by atoms with Crippen LogP contribution in [0, 0.1) is 6.92 Å². The van der Waals surface area contributed by atoms with Crippen molar-refractivity contribution in [2.45, 2.75) is 180 Å². The zero-order valence-corrected chi connectivity index (χ0v) is 47.8. The minimum Gasteiger partial charge on any atom is -0.376 e. The molecule has 0 atom stereocenters. The third kappa shape index (κ3) is 6.13. The lowest BCUT2D eigenvalue weighted by atomic mass is 9.42. The van der Waals surface area contributed by atoms with Crippen molar-refractivity contribution in [3.05, 3.63) is 159 Å². The van der Waals surface area contributed by atoms with E-state index in [1.54, 1.807) is 0 Å². The van der Waals surface area contributed by atoms with Crippen molar-refractivity contribution in [1.82, 2.24) is 0 Å². The molecule has 74 heavy (non-hydrogen) atoms. The van der Waals surface area contributed by atoms with E-state index < -0.39 is 0 Å². The quantitative estimate of drug-likeness (QED) is 0.159. The van der Waals surface area contributed by atoms with Crippen LogP contribution in [0.5, 0.6) is 0 Å². The summed E-state index contributed by atoms with van der Waals surface area (Å²) in [6.07, 6.45) is 7.09. The van der Waals surface area contributed by atoms with Gasteiger partial charge < -0.3 is 9.71 Å². The first-order chi connectivity index (χ1) is 34.8. The highest BCUT2D eigenvalue weighted by molar-refractivity contribution is 7.26. The fourth-order valence-corrected chi connectivity index (χ4v) is 17.0. The number of benzene rings is 7. The molecule has 0 spiro atoms. The molecule has 6 aliphatic rings. The van der Waals surface area contributed by atoms with E-state index in [-0.39, 0.29) is 44.8 Å². The molecule has 4 heteroatoms. The number of nitrogens with zero attached hydrogens (tertiary/aromatic N) is 2. The highest BCUT2D eigenvalue weighted by Crippen LogP contribution is 2.60. The van der Waals surface area contributed by atoms with Crippen LogP contribution in [0.2, 0.25) is 0 Å². The van der Waals surface area contributed by atoms with Gasteiger partial charge in [-0.1, -0.05) is 158 Å². The molecule has 0 amide bonds. The Morgan fingerprint density at radius 1 is 0.405 bits per heavy atom. The Morgan fingerprint density at radius 2 is 0.932 bits per heavy atom. The summed E-state index contributed by atoms with van der Waals surface area (Å²) < 4.78 is 2.77. The van der Waals surface area contributed by atoms with Gasteiger partial charge in [0.1, 0.15) is 0 Å². The number of aryl methyl sites for hydroxylation is 1. The Bertz CT molecular complexity index is 3810. The van der Waals surface area contributed by atoms with Crippen molar-refractivity contribution >= 4 is 77.7 Å². The monoisotopic (exact) mass is 987 g/mol. The van der Waals surface area contributed by atoms with Gasteiger partial charge in [0.2, 0.25) is 0 Å². The Kier molecular flexibility index (Phi) is 9.30. The zero-order valence-electron chi connectivity index (χ0n) is 47.0. The van der Waals surface area contributed by atoms with E-state index in [9.17, 15) is 0 Å². The van der Waals surface area contributed by atoms with Gasteiger partial charge in [-0.3, -0.25) is 0 Å². The SMILES string of the molecule is Cc1cc2c(cc1N1c3ccc4c(c3B3c5c1cc1c(sc6ccccc61)c5-c1cc5c(cc1N3c1ccc3c(c1)C(C)(C)CCC3(C)C)C(C)(C)CCC5(C)C)-c1ccccc1C4(C)C)C(C)(C)CCC2(C)C. The molecular formula is C70H75BN2S. The van der Waals surface area contributed by atoms with Crippen LogP contribution in [0.1, 0.15) is 186 Å². The number of hydrogen-bond acceptors (Lipinski definition) is 3. The molecule has 0 N–H and O–H groups in total. The third-order valence-corrected chi connectivity index (χ3v) is 22.0. The average molecular weight is 987 g/mol. The molecule has 7 aromatic carbocycles. The van der Waals surface area contributed by atoms with Crippen LogP contribution in [-0.4, -0.2) is 6.85 Å². The summed E-state index contributed by atoms with van der Waals surface area (Å²) in [6, 6.07) is 44.8. The summed E-state index contributed by atoms with van der Waals surface area (Å²) in [4.78, 5) is 5.68. The second-order valence-electron chi connectivity index (χ2n) is 28.5. The van der Waals surface area contributed by atoms with Gasteiger partial charge >= 0.3 is 6.85 Å². The summed E-state index contributed by atoms with van der Waals surface area (Å²) in [5.41, 5.74) is 28.6. The molecule has 0 fully saturated rings. The van der Waals surface area contributed by atoms with Crippen molar-refractivity contribution < 1.29 is 0 Å². The normalized spacial score (nSPS) is 21.0. The predicted molar refractivity (Wildman–Crippen MR) is 321 cm³/mol. The number of thiophene rings is 1. The Morgan fingerprint density at radius 3 is 1.59 bits per heavy atom. The van der Waals surface area contributed by atoms with Gasteiger partial charge in [0.15, 0.2) is 0 Å². The Labute approximate surface area is 446 Å². The minimum atomic E-state index is -0.171. The van der Waals surface area contributed by atoms with Gasteiger partial charge in [0.25, 0.3) is 0 Å². The molecule has 374 valence electrons. The predicted octanol–water partition coefficient (Wildman–Crippen LogP) is 18.4. The molecular weight excluding hydrogens is 912 g/mol. The summed E-state index contributed by atoms with van der Waals surface area (Å²) in [5.74, 6) is 0. The van der Waals surface area contributed by atoms with E-state index in [2.05, 4.69) is 223 Å². The molecule has 4 aliphatic carbocycles. The summed E-state index contributed by atoms with van der Waals surface area (Å²) >= 11 is 2.01. The second kappa shape index (κ2) is 14.7. The van der Waals surface area contributed by atoms with Crippen molar-refractivity contribution in [2.24, 2.45) is 0 Å². The highest BCUT2D eigenvalue weighted by Gasteiger charge is 2.52. The molecule has 0 saturated carbocycles. The minimum absolute atomic E-state index is 0.0281. The first-order valence-corrected chi connectivity index (χ1v) is 29.0. The lowest BCUT2D eigenvalue weighted by Gasteiger charge is -2.49. The molecule has 0 radical (unpaired) electrons. The van der Waals surface area contributed by atoms with Crippen LogP contribution in [0.15, 0.2) is 109 Å². The largest absolute Gasteiger partial charge is 0.376 e. The van der Waals surface area contributed by atoms with Gasteiger partial charge in [-0.2, -0.15) is 0 Å². The maximum atomic E-state index is 2.89. The second-order valence-corrected chi connectivity index (χ2v) is 29.5. The van der Waals surface area contributed by atoms with Crippen LogP contribution < -0.4 is 20.6 Å². The zero-order chi connectivity index (χ0) is 51.8. The first kappa shape index (κ1) is 46.9. The summed E-state index contributed by atoms with van der Waals surface area (Å²) in [6.45, 7) is 37.2. The lowest BCUT2D eigenvalue weighted by molar-refractivity contribution is 0.332. The topological polar surface area (TPSA) is 6.48 Å². The van der Waals surface area contributed by atoms with Crippen LogP contribution in [0.3, 0.4) is 0 Å². The molecule has 0 bridgehead atoms. The summed E-state index contributed by atoms with van der Waals surface area (Å²) in [7, 11) is 0. The molecule has 3 heterocycles. The molecule has 0 saturated heterocycles. The van der Waals surface area contributed by atoms with Crippen LogP contribution in [-0.2, 0) is 37.9 Å². The third-order valence-electron chi connectivity index (χ3n) is 20.8. The van der Waals surface area contributed by atoms with Crippen LogP contribution in [0.4, 0.5) is 28.4 Å².